The molecule has 2 rings (SSSR count). The summed E-state index contributed by atoms with van der Waals surface area (Å²) in [5.74, 6) is 0. The standard InChI is InChI=1S/C11H13NS2/c1-9-2-5-14-11(9)7-12-6-10-3-4-13-8-10/h2-5,8,12H,6-7H2,1H3. The summed E-state index contributed by atoms with van der Waals surface area (Å²) in [6.45, 7) is 4.12. The van der Waals surface area contributed by atoms with Crippen LogP contribution >= 0.6 is 22.7 Å². The maximum absolute atomic E-state index is 3.45. The molecule has 0 aliphatic carbocycles. The number of thiophene rings is 2. The van der Waals surface area contributed by atoms with Crippen molar-refractivity contribution in [3.8, 4) is 0 Å². The third kappa shape index (κ3) is 2.44. The van der Waals surface area contributed by atoms with Gasteiger partial charge in [-0.05, 0) is 46.3 Å². The average Bonchev–Trinajstić information content (AvgIpc) is 2.78. The van der Waals surface area contributed by atoms with E-state index in [-0.39, 0.29) is 0 Å². The Bertz CT molecular complexity index is 376. The molecular formula is C11H13NS2. The molecule has 0 saturated heterocycles. The van der Waals surface area contributed by atoms with Crippen molar-refractivity contribution in [3.05, 3.63) is 44.3 Å². The minimum atomic E-state index is 0.973. The maximum atomic E-state index is 3.45. The van der Waals surface area contributed by atoms with Crippen LogP contribution in [0.2, 0.25) is 0 Å². The van der Waals surface area contributed by atoms with Crippen molar-refractivity contribution in [2.45, 2.75) is 20.0 Å². The second-order valence-electron chi connectivity index (χ2n) is 3.26. The third-order valence-electron chi connectivity index (χ3n) is 2.16. The molecular weight excluding hydrogens is 210 g/mol. The molecule has 0 spiro atoms. The van der Waals surface area contributed by atoms with E-state index in [0.29, 0.717) is 0 Å². The summed E-state index contributed by atoms with van der Waals surface area (Å²) in [6, 6.07) is 4.34. The van der Waals surface area contributed by atoms with Crippen LogP contribution in [0.15, 0.2) is 28.3 Å². The minimum absolute atomic E-state index is 0.973. The average molecular weight is 223 g/mol. The Kier molecular flexibility index (Phi) is 3.35. The predicted molar refractivity (Wildman–Crippen MR) is 63.9 cm³/mol. The number of nitrogens with one attached hydrogen (secondary N) is 1. The fourth-order valence-electron chi connectivity index (χ4n) is 1.30. The molecule has 0 fully saturated rings. The van der Waals surface area contributed by atoms with E-state index in [1.165, 1.54) is 16.0 Å². The number of hydrogen-bond donors (Lipinski definition) is 1. The van der Waals surface area contributed by atoms with Gasteiger partial charge in [0.2, 0.25) is 0 Å². The van der Waals surface area contributed by atoms with E-state index in [1.54, 1.807) is 11.3 Å². The van der Waals surface area contributed by atoms with Gasteiger partial charge in [-0.1, -0.05) is 0 Å². The van der Waals surface area contributed by atoms with E-state index in [9.17, 15) is 0 Å². The molecule has 0 radical (unpaired) electrons. The Hall–Kier alpha value is -0.640. The first-order chi connectivity index (χ1) is 6.86. The van der Waals surface area contributed by atoms with Crippen LogP contribution in [0.3, 0.4) is 0 Å². The molecule has 0 bridgehead atoms. The first kappa shape index (κ1) is 9.90. The highest BCUT2D eigenvalue weighted by molar-refractivity contribution is 7.10. The molecule has 2 aromatic rings. The first-order valence-electron chi connectivity index (χ1n) is 4.61. The summed E-state index contributed by atoms with van der Waals surface area (Å²) in [6.07, 6.45) is 0. The lowest BCUT2D eigenvalue weighted by Crippen LogP contribution is -2.11. The summed E-state index contributed by atoms with van der Waals surface area (Å²) in [5, 5.41) is 9.91. The summed E-state index contributed by atoms with van der Waals surface area (Å²) < 4.78 is 0. The molecule has 0 aliphatic heterocycles. The molecule has 0 atom stereocenters. The van der Waals surface area contributed by atoms with Crippen molar-refractivity contribution in [2.75, 3.05) is 0 Å². The Morgan fingerprint density at radius 1 is 1.21 bits per heavy atom. The van der Waals surface area contributed by atoms with Crippen molar-refractivity contribution in [1.29, 1.82) is 0 Å². The van der Waals surface area contributed by atoms with Crippen molar-refractivity contribution in [3.63, 3.8) is 0 Å². The zero-order chi connectivity index (χ0) is 9.80. The fraction of sp³-hybridized carbons (Fsp3) is 0.273. The van der Waals surface area contributed by atoms with Gasteiger partial charge < -0.3 is 5.32 Å². The molecule has 0 unspecified atom stereocenters. The first-order valence-corrected chi connectivity index (χ1v) is 6.43. The Labute approximate surface area is 92.4 Å². The maximum Gasteiger partial charge on any atom is 0.0305 e. The summed E-state index contributed by atoms with van der Waals surface area (Å²) in [4.78, 5) is 1.44. The molecule has 14 heavy (non-hydrogen) atoms. The van der Waals surface area contributed by atoms with Crippen molar-refractivity contribution < 1.29 is 0 Å². The van der Waals surface area contributed by atoms with E-state index < -0.39 is 0 Å². The van der Waals surface area contributed by atoms with E-state index in [4.69, 9.17) is 0 Å². The normalized spacial score (nSPS) is 10.6. The molecule has 3 heteroatoms. The van der Waals surface area contributed by atoms with Gasteiger partial charge in [0.15, 0.2) is 0 Å². The van der Waals surface area contributed by atoms with Gasteiger partial charge in [-0.2, -0.15) is 11.3 Å². The van der Waals surface area contributed by atoms with Crippen LogP contribution < -0.4 is 5.32 Å². The highest BCUT2D eigenvalue weighted by atomic mass is 32.1. The van der Waals surface area contributed by atoms with Crippen LogP contribution in [-0.4, -0.2) is 0 Å². The SMILES string of the molecule is Cc1ccsc1CNCc1ccsc1. The fourth-order valence-corrected chi connectivity index (χ4v) is 2.84. The molecule has 74 valence electrons. The van der Waals surface area contributed by atoms with Crippen LogP contribution in [0.4, 0.5) is 0 Å². The largest absolute Gasteiger partial charge is 0.308 e. The van der Waals surface area contributed by atoms with Crippen molar-refractivity contribution in [2.24, 2.45) is 0 Å². The van der Waals surface area contributed by atoms with E-state index in [2.05, 4.69) is 40.5 Å². The smallest absolute Gasteiger partial charge is 0.0305 e. The monoisotopic (exact) mass is 223 g/mol. The Morgan fingerprint density at radius 2 is 2.14 bits per heavy atom. The zero-order valence-corrected chi connectivity index (χ0v) is 9.75. The highest BCUT2D eigenvalue weighted by Gasteiger charge is 1.98. The van der Waals surface area contributed by atoms with Crippen LogP contribution in [0.25, 0.3) is 0 Å². The molecule has 2 aromatic heterocycles. The van der Waals surface area contributed by atoms with E-state index >= 15 is 0 Å². The van der Waals surface area contributed by atoms with Gasteiger partial charge >= 0.3 is 0 Å². The summed E-state index contributed by atoms with van der Waals surface area (Å²) in [5.41, 5.74) is 2.78. The van der Waals surface area contributed by atoms with Crippen LogP contribution in [-0.2, 0) is 13.1 Å². The van der Waals surface area contributed by atoms with E-state index in [0.717, 1.165) is 13.1 Å². The quantitative estimate of drug-likeness (QED) is 0.837. The van der Waals surface area contributed by atoms with Gasteiger partial charge in [-0.15, -0.1) is 11.3 Å². The number of aryl methyl sites for hydroxylation is 1. The number of hydrogen-bond acceptors (Lipinski definition) is 3. The lowest BCUT2D eigenvalue weighted by molar-refractivity contribution is 0.700. The third-order valence-corrected chi connectivity index (χ3v) is 3.92. The van der Waals surface area contributed by atoms with Gasteiger partial charge in [0.05, 0.1) is 0 Å². The lowest BCUT2D eigenvalue weighted by atomic mass is 10.3. The minimum Gasteiger partial charge on any atom is -0.308 e. The van der Waals surface area contributed by atoms with Crippen LogP contribution in [0.1, 0.15) is 16.0 Å². The van der Waals surface area contributed by atoms with Crippen LogP contribution in [0.5, 0.6) is 0 Å². The molecule has 1 nitrogen and oxygen atoms in total. The lowest BCUT2D eigenvalue weighted by Gasteiger charge is -2.01. The van der Waals surface area contributed by atoms with E-state index in [1.807, 2.05) is 11.3 Å². The van der Waals surface area contributed by atoms with Gasteiger partial charge in [0, 0.05) is 18.0 Å². The zero-order valence-electron chi connectivity index (χ0n) is 8.12. The van der Waals surface area contributed by atoms with Crippen molar-refractivity contribution in [1.82, 2.24) is 5.32 Å². The Balaban J connectivity index is 1.81. The molecule has 0 saturated carbocycles. The molecule has 1 N–H and O–H groups in total. The Morgan fingerprint density at radius 3 is 2.79 bits per heavy atom. The highest BCUT2D eigenvalue weighted by Crippen LogP contribution is 2.15. The van der Waals surface area contributed by atoms with Crippen molar-refractivity contribution >= 4 is 22.7 Å². The number of rotatable bonds is 4. The second-order valence-corrected chi connectivity index (χ2v) is 5.04. The van der Waals surface area contributed by atoms with Gasteiger partial charge in [-0.25, -0.2) is 0 Å². The molecule has 0 amide bonds. The van der Waals surface area contributed by atoms with Gasteiger partial charge in [0.1, 0.15) is 0 Å². The molecule has 2 heterocycles. The predicted octanol–water partition coefficient (Wildman–Crippen LogP) is 3.41. The summed E-state index contributed by atoms with van der Waals surface area (Å²) in [7, 11) is 0. The van der Waals surface area contributed by atoms with Gasteiger partial charge in [0.25, 0.3) is 0 Å². The topological polar surface area (TPSA) is 12.0 Å². The van der Waals surface area contributed by atoms with Crippen LogP contribution in [0, 0.1) is 6.92 Å². The molecule has 0 aromatic carbocycles. The van der Waals surface area contributed by atoms with Gasteiger partial charge in [-0.3, -0.25) is 0 Å². The second kappa shape index (κ2) is 4.73. The molecule has 0 aliphatic rings. The summed E-state index contributed by atoms with van der Waals surface area (Å²) >= 11 is 3.58.